The minimum absolute atomic E-state index is 0.0745. The first-order valence-electron chi connectivity index (χ1n) is 13.2. The lowest BCUT2D eigenvalue weighted by atomic mass is 9.68. The minimum Gasteiger partial charge on any atom is -0.495 e. The molecule has 1 unspecified atom stereocenters. The van der Waals surface area contributed by atoms with E-state index in [0.717, 1.165) is 72.0 Å². The highest BCUT2D eigenvalue weighted by Gasteiger charge is 2.48. The molecule has 1 spiro atoms. The summed E-state index contributed by atoms with van der Waals surface area (Å²) in [4.78, 5) is 20.9. The normalized spacial score (nSPS) is 21.7. The Morgan fingerprint density at radius 2 is 2.00 bits per heavy atom. The third kappa shape index (κ3) is 4.17. The molecule has 8 heteroatoms. The summed E-state index contributed by atoms with van der Waals surface area (Å²) in [7, 11) is 1.65. The van der Waals surface area contributed by atoms with Gasteiger partial charge in [-0.15, -0.1) is 0 Å². The quantitative estimate of drug-likeness (QED) is 0.438. The molecule has 1 saturated heterocycles. The second-order valence-corrected chi connectivity index (χ2v) is 11.7. The summed E-state index contributed by atoms with van der Waals surface area (Å²) in [5.41, 5.74) is 3.58. The van der Waals surface area contributed by atoms with Crippen LogP contribution in [0.2, 0.25) is 0 Å². The number of ether oxygens (including phenoxy) is 1. The molecule has 1 amide bonds. The number of benzene rings is 2. The number of carbonyl (C=O) groups excluding carboxylic acids is 1. The van der Waals surface area contributed by atoms with Crippen LogP contribution in [0.4, 0.5) is 4.39 Å². The Labute approximate surface area is 224 Å². The molecule has 0 bridgehead atoms. The molecule has 6 nitrogen and oxygen atoms in total. The van der Waals surface area contributed by atoms with Crippen molar-refractivity contribution in [3.63, 3.8) is 0 Å². The largest absolute Gasteiger partial charge is 0.495 e. The second kappa shape index (κ2) is 9.71. The fourth-order valence-electron chi connectivity index (χ4n) is 6.65. The van der Waals surface area contributed by atoms with Gasteiger partial charge in [0.25, 0.3) is 0 Å². The first-order chi connectivity index (χ1) is 17.9. The lowest BCUT2D eigenvalue weighted by Gasteiger charge is -2.50. The van der Waals surface area contributed by atoms with Crippen LogP contribution in [0, 0.1) is 11.7 Å². The van der Waals surface area contributed by atoms with Gasteiger partial charge in [-0.3, -0.25) is 9.69 Å². The van der Waals surface area contributed by atoms with Crippen molar-refractivity contribution in [3.05, 3.63) is 63.5 Å². The molecule has 2 aliphatic heterocycles. The first-order valence-corrected chi connectivity index (χ1v) is 14.0. The molecular weight excluding hydrogens is 537 g/mol. The van der Waals surface area contributed by atoms with Crippen molar-refractivity contribution in [1.29, 1.82) is 0 Å². The van der Waals surface area contributed by atoms with Gasteiger partial charge in [0, 0.05) is 65.7 Å². The van der Waals surface area contributed by atoms with Gasteiger partial charge in [0.1, 0.15) is 11.6 Å². The van der Waals surface area contributed by atoms with E-state index in [1.165, 1.54) is 11.6 Å². The summed E-state index contributed by atoms with van der Waals surface area (Å²) >= 11 is 3.66. The van der Waals surface area contributed by atoms with Crippen molar-refractivity contribution >= 4 is 32.7 Å². The van der Waals surface area contributed by atoms with Crippen molar-refractivity contribution in [2.45, 2.75) is 50.1 Å². The maximum Gasteiger partial charge on any atom is 0.225 e. The number of halogens is 2. The van der Waals surface area contributed by atoms with Crippen molar-refractivity contribution in [2.24, 2.45) is 5.92 Å². The van der Waals surface area contributed by atoms with E-state index in [2.05, 4.69) is 36.8 Å². The van der Waals surface area contributed by atoms with E-state index in [0.29, 0.717) is 24.6 Å². The number of aliphatic hydroxyl groups excluding tert-OH is 1. The minimum atomic E-state index is -0.285. The predicted octanol–water partition coefficient (Wildman–Crippen LogP) is 5.29. The zero-order valence-electron chi connectivity index (χ0n) is 21.1. The van der Waals surface area contributed by atoms with Gasteiger partial charge >= 0.3 is 0 Å². The number of amides is 1. The number of nitrogens with one attached hydrogen (secondary N) is 1. The summed E-state index contributed by atoms with van der Waals surface area (Å²) in [6.45, 7) is 2.47. The monoisotopic (exact) mass is 569 g/mol. The molecule has 3 aliphatic rings. The number of aromatic nitrogens is 1. The zero-order chi connectivity index (χ0) is 25.7. The first kappa shape index (κ1) is 24.9. The fraction of sp³-hybridized carbons (Fsp3) is 0.483. The number of likely N-dealkylation sites (tertiary alicyclic amines) is 1. The van der Waals surface area contributed by atoms with Gasteiger partial charge in [-0.1, -0.05) is 24.6 Å². The number of hydrogen-bond acceptors (Lipinski definition) is 4. The predicted molar refractivity (Wildman–Crippen MR) is 144 cm³/mol. The van der Waals surface area contributed by atoms with Gasteiger partial charge in [0.05, 0.1) is 24.2 Å². The summed E-state index contributed by atoms with van der Waals surface area (Å²) in [5, 5.41) is 11.7. The van der Waals surface area contributed by atoms with Crippen molar-refractivity contribution in [3.8, 4) is 5.75 Å². The van der Waals surface area contributed by atoms with Crippen LogP contribution in [0.3, 0.4) is 0 Å². The van der Waals surface area contributed by atoms with Gasteiger partial charge < -0.3 is 19.7 Å². The molecule has 0 radical (unpaired) electrons. The number of H-pyrrole nitrogens is 1. The topological polar surface area (TPSA) is 68.8 Å². The van der Waals surface area contributed by atoms with Crippen LogP contribution >= 0.6 is 15.9 Å². The Bertz CT molecular complexity index is 1330. The third-order valence-electron chi connectivity index (χ3n) is 8.90. The van der Waals surface area contributed by atoms with E-state index < -0.39 is 0 Å². The number of fused-ring (bicyclic) bond motifs is 4. The average molecular weight is 571 g/mol. The lowest BCUT2D eigenvalue weighted by Crippen LogP contribution is -2.55. The highest BCUT2D eigenvalue weighted by atomic mass is 79.9. The van der Waals surface area contributed by atoms with E-state index >= 15 is 0 Å². The van der Waals surface area contributed by atoms with Crippen LogP contribution in [-0.4, -0.2) is 59.1 Å². The van der Waals surface area contributed by atoms with Crippen LogP contribution < -0.4 is 4.74 Å². The van der Waals surface area contributed by atoms with E-state index in [9.17, 15) is 14.3 Å². The highest BCUT2D eigenvalue weighted by molar-refractivity contribution is 9.10. The van der Waals surface area contributed by atoms with Gasteiger partial charge in [-0.05, 0) is 59.3 Å². The number of methoxy groups -OCH3 is 1. The molecule has 1 saturated carbocycles. The molecule has 1 atom stereocenters. The molecule has 2 aromatic carbocycles. The summed E-state index contributed by atoms with van der Waals surface area (Å²) < 4.78 is 21.1. The average Bonchev–Trinajstić information content (AvgIpc) is 3.23. The smallest absolute Gasteiger partial charge is 0.225 e. The van der Waals surface area contributed by atoms with Crippen LogP contribution in [0.1, 0.15) is 55.0 Å². The lowest BCUT2D eigenvalue weighted by molar-refractivity contribution is -0.140. The summed E-state index contributed by atoms with van der Waals surface area (Å²) in [6, 6.07) is 10.7. The molecule has 3 aromatic rings. The van der Waals surface area contributed by atoms with Crippen molar-refractivity contribution in [1.82, 2.24) is 14.8 Å². The van der Waals surface area contributed by atoms with E-state index in [4.69, 9.17) is 4.74 Å². The Balaban J connectivity index is 1.42. The van der Waals surface area contributed by atoms with Crippen LogP contribution in [0.5, 0.6) is 5.75 Å². The fourth-order valence-corrected chi connectivity index (χ4v) is 7.15. The number of piperidine rings is 1. The molecule has 1 aliphatic carbocycles. The third-order valence-corrected chi connectivity index (χ3v) is 9.52. The van der Waals surface area contributed by atoms with E-state index in [-0.39, 0.29) is 29.8 Å². The van der Waals surface area contributed by atoms with Crippen LogP contribution in [0.15, 0.2) is 40.9 Å². The SMILES string of the molecule is COc1cc2[nH]c3c(c2cc1Br)C1(CCN(C(=O)C2CCC2)CC1)CN(Cc1ccccc1F)C3CO. The molecule has 1 aromatic heterocycles. The van der Waals surface area contributed by atoms with E-state index in [1.807, 2.05) is 18.2 Å². The number of aliphatic hydroxyl groups is 1. The van der Waals surface area contributed by atoms with Crippen LogP contribution in [0.25, 0.3) is 10.9 Å². The zero-order valence-corrected chi connectivity index (χ0v) is 22.7. The maximum atomic E-state index is 14.7. The maximum absolute atomic E-state index is 14.7. The van der Waals surface area contributed by atoms with Gasteiger partial charge in [-0.2, -0.15) is 0 Å². The molecule has 37 heavy (non-hydrogen) atoms. The number of rotatable bonds is 5. The molecular formula is C29H33BrFN3O3. The highest BCUT2D eigenvalue weighted by Crippen LogP contribution is 2.50. The Morgan fingerprint density at radius 3 is 2.65 bits per heavy atom. The number of carbonyl (C=O) groups is 1. The Hall–Kier alpha value is -2.42. The Kier molecular flexibility index (Phi) is 6.53. The summed E-state index contributed by atoms with van der Waals surface area (Å²) in [5.74, 6) is 1.01. The number of aromatic amines is 1. The van der Waals surface area contributed by atoms with Gasteiger partial charge in [-0.25, -0.2) is 4.39 Å². The van der Waals surface area contributed by atoms with Crippen molar-refractivity contribution in [2.75, 3.05) is 33.4 Å². The standard InChI is InChI=1S/C29H33BrFN3O3/c1-37-25-14-23-20(13-21(25)30)26-27(32-23)24(16-35)34(15-19-5-2-3-8-22(19)31)17-29(26)9-11-33(12-10-29)28(36)18-6-4-7-18/h2-3,5,8,13-14,18,24,32,35H,4,6-7,9-12,15-17H2,1H3. The molecule has 6 rings (SSSR count). The van der Waals surface area contributed by atoms with Crippen molar-refractivity contribution < 1.29 is 19.0 Å². The second-order valence-electron chi connectivity index (χ2n) is 10.9. The van der Waals surface area contributed by atoms with Crippen LogP contribution in [-0.2, 0) is 16.8 Å². The van der Waals surface area contributed by atoms with Gasteiger partial charge in [0.2, 0.25) is 5.91 Å². The van der Waals surface area contributed by atoms with Gasteiger partial charge in [0.15, 0.2) is 0 Å². The Morgan fingerprint density at radius 1 is 1.24 bits per heavy atom. The summed E-state index contributed by atoms with van der Waals surface area (Å²) in [6.07, 6.45) is 4.84. The molecule has 3 heterocycles. The molecule has 196 valence electrons. The van der Waals surface area contributed by atoms with E-state index in [1.54, 1.807) is 13.2 Å². The molecule has 2 N–H and O–H groups in total. The molecule has 2 fully saturated rings. The number of nitrogens with zero attached hydrogens (tertiary/aromatic N) is 2. The number of hydrogen-bond donors (Lipinski definition) is 2.